The molecule has 0 spiro atoms. The Morgan fingerprint density at radius 3 is 1.94 bits per heavy atom. The number of carbonyl (C=O) groups excluding carboxylic acids is 1. The van der Waals surface area contributed by atoms with Gasteiger partial charge < -0.3 is 20.3 Å². The zero-order chi connectivity index (χ0) is 23.8. The summed E-state index contributed by atoms with van der Waals surface area (Å²) in [7, 11) is 0. The van der Waals surface area contributed by atoms with E-state index in [4.69, 9.17) is 20.3 Å². The summed E-state index contributed by atoms with van der Waals surface area (Å²) >= 11 is 3.29. The fraction of sp³-hybridized carbons (Fsp3) is 0.360. The Labute approximate surface area is 198 Å². The van der Waals surface area contributed by atoms with E-state index in [-0.39, 0.29) is 11.5 Å². The van der Waals surface area contributed by atoms with E-state index in [2.05, 4.69) is 22.5 Å². The first-order chi connectivity index (χ1) is 15.3. The van der Waals surface area contributed by atoms with Crippen LogP contribution in [-0.2, 0) is 9.53 Å². The third-order valence-corrected chi connectivity index (χ3v) is 4.89. The van der Waals surface area contributed by atoms with Crippen LogP contribution in [0.3, 0.4) is 0 Å². The summed E-state index contributed by atoms with van der Waals surface area (Å²) < 4.78 is 11.7. The second kappa shape index (κ2) is 15.9. The van der Waals surface area contributed by atoms with Crippen LogP contribution < -0.4 is 10.5 Å². The normalized spacial score (nSPS) is 9.94. The second-order valence-corrected chi connectivity index (χ2v) is 8.18. The van der Waals surface area contributed by atoms with Gasteiger partial charge in [-0.15, -0.1) is 0 Å². The van der Waals surface area contributed by atoms with Crippen LogP contribution in [0.15, 0.2) is 65.2 Å². The highest BCUT2D eigenvalue weighted by atomic mass is 79.9. The van der Waals surface area contributed by atoms with Gasteiger partial charge in [0, 0.05) is 15.7 Å². The maximum atomic E-state index is 11.2. The van der Waals surface area contributed by atoms with Crippen LogP contribution in [0.25, 0.3) is 0 Å². The maximum absolute atomic E-state index is 11.2. The number of nitrogen functional groups attached to an aromatic ring is 1. The summed E-state index contributed by atoms with van der Waals surface area (Å²) in [6.07, 6.45) is 6.20. The van der Waals surface area contributed by atoms with Crippen molar-refractivity contribution < 1.29 is 24.2 Å². The van der Waals surface area contributed by atoms with E-state index < -0.39 is 5.97 Å². The molecule has 0 fully saturated rings. The number of carboxylic acid groups (broad SMARTS) is 1. The lowest BCUT2D eigenvalue weighted by Gasteiger charge is -2.07. The first kappa shape index (κ1) is 27.2. The molecule has 0 heterocycles. The highest BCUT2D eigenvalue weighted by Crippen LogP contribution is 2.13. The predicted octanol–water partition coefficient (Wildman–Crippen LogP) is 6.25. The van der Waals surface area contributed by atoms with Crippen molar-refractivity contribution in [3.63, 3.8) is 0 Å². The molecule has 2 aromatic rings. The van der Waals surface area contributed by atoms with Crippen molar-refractivity contribution in [1.29, 1.82) is 0 Å². The molecule has 6 nitrogen and oxygen atoms in total. The Bertz CT molecular complexity index is 813. The highest BCUT2D eigenvalue weighted by Gasteiger charge is 2.03. The van der Waals surface area contributed by atoms with E-state index in [1.165, 1.54) is 0 Å². The average Bonchev–Trinajstić information content (AvgIpc) is 2.77. The van der Waals surface area contributed by atoms with Crippen molar-refractivity contribution in [3.8, 4) is 5.75 Å². The predicted molar refractivity (Wildman–Crippen MR) is 131 cm³/mol. The molecule has 2 aromatic carbocycles. The Morgan fingerprint density at radius 1 is 0.906 bits per heavy atom. The van der Waals surface area contributed by atoms with Gasteiger partial charge in [0.15, 0.2) is 0 Å². The van der Waals surface area contributed by atoms with Gasteiger partial charge in [-0.2, -0.15) is 0 Å². The Kier molecular flexibility index (Phi) is 13.5. The van der Waals surface area contributed by atoms with Crippen LogP contribution in [0.4, 0.5) is 5.69 Å². The molecule has 0 aromatic heterocycles. The Morgan fingerprint density at radius 2 is 1.44 bits per heavy atom. The van der Waals surface area contributed by atoms with E-state index in [0.29, 0.717) is 24.5 Å². The standard InChI is InChI=1S/C19H26O5.C6H6BrN/c1-15(2)19(22)24-14-8-6-4-3-5-7-13-23-17-11-9-16(10-12-17)18(20)21;7-5-1-3-6(8)4-2-5/h9-12H,1,3-8,13-14H2,2H3,(H,20,21);1-4H,8H2. The molecule has 2 rings (SSSR count). The third-order valence-electron chi connectivity index (χ3n) is 4.36. The molecule has 0 saturated heterocycles. The highest BCUT2D eigenvalue weighted by molar-refractivity contribution is 9.10. The Hall–Kier alpha value is -2.80. The summed E-state index contributed by atoms with van der Waals surface area (Å²) in [5.74, 6) is -0.557. The number of carbonyl (C=O) groups is 2. The molecule has 0 aliphatic heterocycles. The molecule has 32 heavy (non-hydrogen) atoms. The molecular formula is C25H32BrNO5. The number of ether oxygens (including phenoxy) is 2. The van der Waals surface area contributed by atoms with Gasteiger partial charge in [0.1, 0.15) is 5.75 Å². The van der Waals surface area contributed by atoms with Crippen molar-refractivity contribution in [3.05, 3.63) is 70.7 Å². The number of hydrogen-bond acceptors (Lipinski definition) is 5. The third kappa shape index (κ3) is 12.8. The average molecular weight is 506 g/mol. The van der Waals surface area contributed by atoms with Crippen molar-refractivity contribution in [1.82, 2.24) is 0 Å². The summed E-state index contributed by atoms with van der Waals surface area (Å²) in [5, 5.41) is 8.81. The topological polar surface area (TPSA) is 98.8 Å². The minimum Gasteiger partial charge on any atom is -0.494 e. The number of unbranched alkanes of at least 4 members (excludes halogenated alkanes) is 5. The number of benzene rings is 2. The lowest BCUT2D eigenvalue weighted by Crippen LogP contribution is -2.06. The lowest BCUT2D eigenvalue weighted by atomic mass is 10.1. The first-order valence-electron chi connectivity index (χ1n) is 10.6. The molecular weight excluding hydrogens is 474 g/mol. The van der Waals surface area contributed by atoms with E-state index in [0.717, 1.165) is 48.7 Å². The van der Waals surface area contributed by atoms with Gasteiger partial charge in [0.2, 0.25) is 0 Å². The van der Waals surface area contributed by atoms with Crippen molar-refractivity contribution in [2.75, 3.05) is 18.9 Å². The molecule has 0 bridgehead atoms. The van der Waals surface area contributed by atoms with Crippen LogP contribution in [0.1, 0.15) is 55.8 Å². The number of carboxylic acids is 1. The molecule has 0 atom stereocenters. The van der Waals surface area contributed by atoms with Gasteiger partial charge >= 0.3 is 11.9 Å². The van der Waals surface area contributed by atoms with Crippen LogP contribution >= 0.6 is 15.9 Å². The van der Waals surface area contributed by atoms with Crippen LogP contribution in [-0.4, -0.2) is 30.3 Å². The zero-order valence-corrected chi connectivity index (χ0v) is 20.1. The van der Waals surface area contributed by atoms with Crippen LogP contribution in [0, 0.1) is 0 Å². The Balaban J connectivity index is 0.000000533. The van der Waals surface area contributed by atoms with E-state index >= 15 is 0 Å². The molecule has 174 valence electrons. The molecule has 3 N–H and O–H groups in total. The number of rotatable bonds is 12. The number of nitrogens with two attached hydrogens (primary N) is 1. The van der Waals surface area contributed by atoms with Crippen molar-refractivity contribution in [2.45, 2.75) is 45.4 Å². The number of esters is 1. The quantitative estimate of drug-likeness (QED) is 0.153. The molecule has 7 heteroatoms. The minimum atomic E-state index is -0.934. The molecule has 0 amide bonds. The summed E-state index contributed by atoms with van der Waals surface area (Å²) in [6.45, 7) is 6.26. The number of halogens is 1. The van der Waals surface area contributed by atoms with Crippen molar-refractivity contribution >= 4 is 33.6 Å². The number of anilines is 1. The van der Waals surface area contributed by atoms with E-state index in [9.17, 15) is 9.59 Å². The second-order valence-electron chi connectivity index (χ2n) is 7.27. The minimum absolute atomic E-state index is 0.260. The van der Waals surface area contributed by atoms with Crippen LogP contribution in [0.2, 0.25) is 0 Å². The number of aromatic carboxylic acids is 1. The van der Waals surface area contributed by atoms with Gasteiger partial charge in [-0.1, -0.05) is 48.2 Å². The van der Waals surface area contributed by atoms with E-state index in [1.807, 2.05) is 24.3 Å². The monoisotopic (exact) mass is 505 g/mol. The van der Waals surface area contributed by atoms with Gasteiger partial charge in [-0.3, -0.25) is 0 Å². The summed E-state index contributed by atoms with van der Waals surface area (Å²) in [5.41, 5.74) is 6.90. The smallest absolute Gasteiger partial charge is 0.335 e. The molecule has 0 aliphatic rings. The molecule has 0 saturated carbocycles. The maximum Gasteiger partial charge on any atom is 0.335 e. The SMILES string of the molecule is C=C(C)C(=O)OCCCCCCCCOc1ccc(C(=O)O)cc1.Nc1ccc(Br)cc1. The molecule has 0 aliphatic carbocycles. The van der Waals surface area contributed by atoms with Gasteiger partial charge in [0.25, 0.3) is 0 Å². The van der Waals surface area contributed by atoms with Crippen LogP contribution in [0.5, 0.6) is 5.75 Å². The fourth-order valence-corrected chi connectivity index (χ4v) is 2.81. The van der Waals surface area contributed by atoms with E-state index in [1.54, 1.807) is 31.2 Å². The first-order valence-corrected chi connectivity index (χ1v) is 11.4. The van der Waals surface area contributed by atoms with Gasteiger partial charge in [-0.05, 0) is 68.3 Å². The van der Waals surface area contributed by atoms with Gasteiger partial charge in [0.05, 0.1) is 18.8 Å². The fourth-order valence-electron chi connectivity index (χ4n) is 2.55. The van der Waals surface area contributed by atoms with Gasteiger partial charge in [-0.25, -0.2) is 9.59 Å². The zero-order valence-electron chi connectivity index (χ0n) is 18.5. The lowest BCUT2D eigenvalue weighted by molar-refractivity contribution is -0.139. The summed E-state index contributed by atoms with van der Waals surface area (Å²) in [4.78, 5) is 21.9. The van der Waals surface area contributed by atoms with Crippen molar-refractivity contribution in [2.24, 2.45) is 0 Å². The number of hydrogen-bond donors (Lipinski definition) is 2. The largest absolute Gasteiger partial charge is 0.494 e. The summed E-state index contributed by atoms with van der Waals surface area (Å²) in [6, 6.07) is 14.0. The molecule has 0 radical (unpaired) electrons. The molecule has 0 unspecified atom stereocenters.